The number of hydrogen-bond acceptors (Lipinski definition) is 3. The number of anilines is 3. The highest BCUT2D eigenvalue weighted by Crippen LogP contribution is 2.43. The number of benzene rings is 10. The van der Waals surface area contributed by atoms with Gasteiger partial charge >= 0.3 is 0 Å². The Balaban J connectivity index is 0.847. The molecule has 0 N–H and O–H groups in total. The van der Waals surface area contributed by atoms with Gasteiger partial charge in [0.25, 0.3) is 0 Å². The van der Waals surface area contributed by atoms with Gasteiger partial charge in [0, 0.05) is 57.4 Å². The predicted molar refractivity (Wildman–Crippen MR) is 274 cm³/mol. The molecule has 0 amide bonds. The van der Waals surface area contributed by atoms with Gasteiger partial charge in [-0.1, -0.05) is 188 Å². The fourth-order valence-electron chi connectivity index (χ4n) is 9.12. The second kappa shape index (κ2) is 15.7. The first-order valence-electron chi connectivity index (χ1n) is 21.4. The van der Waals surface area contributed by atoms with Crippen molar-refractivity contribution < 1.29 is 0 Å². The Bertz CT molecular complexity index is 3360. The summed E-state index contributed by atoms with van der Waals surface area (Å²) >= 11 is 3.76. The number of nitrogens with zero attached hydrogens (tertiary/aromatic N) is 1. The molecule has 0 spiro atoms. The Morgan fingerprint density at radius 3 is 0.921 bits per heavy atom. The van der Waals surface area contributed by atoms with E-state index in [1.807, 2.05) is 22.7 Å². The molecule has 0 unspecified atom stereocenters. The van der Waals surface area contributed by atoms with Gasteiger partial charge < -0.3 is 4.90 Å². The lowest BCUT2D eigenvalue weighted by atomic mass is 9.98. The van der Waals surface area contributed by atoms with E-state index in [1.54, 1.807) is 0 Å². The molecule has 3 heteroatoms. The normalized spacial score (nSPS) is 11.5. The minimum absolute atomic E-state index is 1.10. The van der Waals surface area contributed by atoms with E-state index < -0.39 is 0 Å². The first-order valence-corrected chi connectivity index (χ1v) is 23.0. The Kier molecular flexibility index (Phi) is 9.29. The summed E-state index contributed by atoms with van der Waals surface area (Å²) in [5, 5.41) is 5.31. The van der Waals surface area contributed by atoms with E-state index in [4.69, 9.17) is 0 Å². The second-order valence-electron chi connectivity index (χ2n) is 16.1. The summed E-state index contributed by atoms with van der Waals surface area (Å²) in [6.45, 7) is 0. The molecule has 0 aliphatic rings. The molecule has 12 aromatic rings. The van der Waals surface area contributed by atoms with Gasteiger partial charge in [-0.25, -0.2) is 0 Å². The third kappa shape index (κ3) is 6.79. The van der Waals surface area contributed by atoms with E-state index in [9.17, 15) is 0 Å². The molecule has 0 aliphatic carbocycles. The van der Waals surface area contributed by atoms with E-state index in [0.29, 0.717) is 0 Å². The summed E-state index contributed by atoms with van der Waals surface area (Å²) in [7, 11) is 0. The maximum Gasteiger partial charge on any atom is 0.0462 e. The van der Waals surface area contributed by atoms with Crippen molar-refractivity contribution in [3.63, 3.8) is 0 Å². The van der Waals surface area contributed by atoms with Crippen LogP contribution in [0.3, 0.4) is 0 Å². The monoisotopic (exact) mass is 837 g/mol. The molecule has 0 bridgehead atoms. The lowest BCUT2D eigenvalue weighted by molar-refractivity contribution is 1.28. The first-order chi connectivity index (χ1) is 31.2. The van der Waals surface area contributed by atoms with Crippen molar-refractivity contribution in [2.24, 2.45) is 0 Å². The van der Waals surface area contributed by atoms with Gasteiger partial charge in [-0.15, -0.1) is 22.7 Å². The van der Waals surface area contributed by atoms with Gasteiger partial charge in [-0.05, 0) is 104 Å². The summed E-state index contributed by atoms with van der Waals surface area (Å²) in [4.78, 5) is 2.35. The molecule has 0 fully saturated rings. The minimum Gasteiger partial charge on any atom is -0.311 e. The largest absolute Gasteiger partial charge is 0.311 e. The second-order valence-corrected chi connectivity index (χ2v) is 18.2. The molecular weight excluding hydrogens is 799 g/mol. The number of rotatable bonds is 8. The molecule has 0 aliphatic heterocycles. The molecule has 1 nitrogen and oxygen atoms in total. The first kappa shape index (κ1) is 37.2. The molecule has 10 aromatic carbocycles. The van der Waals surface area contributed by atoms with Gasteiger partial charge in [-0.2, -0.15) is 0 Å². The van der Waals surface area contributed by atoms with Crippen molar-refractivity contribution in [1.29, 1.82) is 0 Å². The van der Waals surface area contributed by atoms with Crippen LogP contribution in [-0.4, -0.2) is 0 Å². The average molecular weight is 838 g/mol. The topological polar surface area (TPSA) is 3.24 Å². The lowest BCUT2D eigenvalue weighted by Gasteiger charge is -2.26. The van der Waals surface area contributed by atoms with Crippen molar-refractivity contribution in [3.8, 4) is 55.6 Å². The molecule has 63 heavy (non-hydrogen) atoms. The quantitative estimate of drug-likeness (QED) is 0.147. The molecule has 0 saturated heterocycles. The van der Waals surface area contributed by atoms with Gasteiger partial charge in [0.2, 0.25) is 0 Å². The zero-order valence-corrected chi connectivity index (χ0v) is 35.9. The maximum atomic E-state index is 2.35. The Labute approximate surface area is 375 Å². The van der Waals surface area contributed by atoms with Crippen molar-refractivity contribution >= 4 is 80.1 Å². The Morgan fingerprint density at radius 1 is 0.222 bits per heavy atom. The molecule has 12 rings (SSSR count). The molecule has 2 heterocycles. The highest BCUT2D eigenvalue weighted by Gasteiger charge is 2.16. The lowest BCUT2D eigenvalue weighted by Crippen LogP contribution is -2.09. The molecule has 0 radical (unpaired) electrons. The van der Waals surface area contributed by atoms with Crippen LogP contribution in [0, 0.1) is 0 Å². The number of fused-ring (bicyclic) bond motifs is 6. The van der Waals surface area contributed by atoms with E-state index in [0.717, 1.165) is 17.1 Å². The van der Waals surface area contributed by atoms with Crippen LogP contribution in [0.25, 0.3) is 96.0 Å². The molecule has 2 aromatic heterocycles. The summed E-state index contributed by atoms with van der Waals surface area (Å²) in [5.74, 6) is 0. The predicted octanol–water partition coefficient (Wildman–Crippen LogP) is 18.2. The maximum absolute atomic E-state index is 2.35. The smallest absolute Gasteiger partial charge is 0.0462 e. The van der Waals surface area contributed by atoms with Crippen LogP contribution >= 0.6 is 22.7 Å². The number of hydrogen-bond donors (Lipinski definition) is 0. The van der Waals surface area contributed by atoms with Crippen LogP contribution in [0.5, 0.6) is 0 Å². The zero-order valence-electron chi connectivity index (χ0n) is 34.3. The fraction of sp³-hybridized carbons (Fsp3) is 0. The SMILES string of the molecule is c1ccc(-c2ccc(N(c3ccc(-c4ccc(-c5cccc6c5sc5ccccc56)cc4)cc3)c3ccc(-c4ccc(-c5cccc6c5sc5ccccc56)cc4)cc3)cc2)cc1. The summed E-state index contributed by atoms with van der Waals surface area (Å²) in [6, 6.07) is 86.4. The van der Waals surface area contributed by atoms with Gasteiger partial charge in [0.05, 0.1) is 0 Å². The van der Waals surface area contributed by atoms with Crippen molar-refractivity contribution in [1.82, 2.24) is 0 Å². The van der Waals surface area contributed by atoms with E-state index >= 15 is 0 Å². The third-order valence-corrected chi connectivity index (χ3v) is 14.8. The Morgan fingerprint density at radius 2 is 0.524 bits per heavy atom. The highest BCUT2D eigenvalue weighted by molar-refractivity contribution is 7.26. The molecular formula is C60H39NS2. The van der Waals surface area contributed by atoms with Crippen LogP contribution < -0.4 is 4.90 Å². The van der Waals surface area contributed by atoms with E-state index in [1.165, 1.54) is 96.0 Å². The minimum atomic E-state index is 1.10. The van der Waals surface area contributed by atoms with Crippen molar-refractivity contribution in [2.45, 2.75) is 0 Å². The van der Waals surface area contributed by atoms with Gasteiger partial charge in [0.1, 0.15) is 0 Å². The number of thiophene rings is 2. The molecule has 296 valence electrons. The van der Waals surface area contributed by atoms with Crippen LogP contribution in [0.15, 0.2) is 237 Å². The van der Waals surface area contributed by atoms with Crippen molar-refractivity contribution in [3.05, 3.63) is 237 Å². The summed E-state index contributed by atoms with van der Waals surface area (Å²) < 4.78 is 5.35. The van der Waals surface area contributed by atoms with Crippen LogP contribution in [-0.2, 0) is 0 Å². The summed E-state index contributed by atoms with van der Waals surface area (Å²) in [5.41, 5.74) is 15.5. The Hall–Kier alpha value is -7.56. The average Bonchev–Trinajstić information content (AvgIpc) is 3.94. The third-order valence-electron chi connectivity index (χ3n) is 12.4. The molecule has 0 saturated carbocycles. The van der Waals surface area contributed by atoms with E-state index in [2.05, 4.69) is 241 Å². The van der Waals surface area contributed by atoms with Crippen molar-refractivity contribution in [2.75, 3.05) is 4.90 Å². The van der Waals surface area contributed by atoms with Gasteiger partial charge in [-0.3, -0.25) is 0 Å². The molecule has 0 atom stereocenters. The zero-order chi connectivity index (χ0) is 41.7. The van der Waals surface area contributed by atoms with Crippen LogP contribution in [0.2, 0.25) is 0 Å². The standard InChI is InChI=1S/C60H39NS2/c1-2-10-40(11-3-1)43-28-34-48(35-29-43)61(49-36-30-44(31-37-49)41-20-24-46(25-21-41)51-14-8-16-55-53-12-4-6-18-57(53)62-59(51)55)50-38-32-45(33-39-50)42-22-26-47(27-23-42)52-15-9-17-56-54-13-5-7-19-58(54)63-60(52)56/h1-39H. The van der Waals surface area contributed by atoms with E-state index in [-0.39, 0.29) is 0 Å². The van der Waals surface area contributed by atoms with Crippen LogP contribution in [0.4, 0.5) is 17.1 Å². The fourth-order valence-corrected chi connectivity index (χ4v) is 11.6. The highest BCUT2D eigenvalue weighted by atomic mass is 32.1. The van der Waals surface area contributed by atoms with Gasteiger partial charge in [0.15, 0.2) is 0 Å². The summed E-state index contributed by atoms with van der Waals surface area (Å²) in [6.07, 6.45) is 0. The van der Waals surface area contributed by atoms with Crippen LogP contribution in [0.1, 0.15) is 0 Å².